The molecular weight excluding hydrogens is 332 g/mol. The minimum absolute atomic E-state index is 0.0507. The molecule has 2 aliphatic rings. The van der Waals surface area contributed by atoms with Crippen LogP contribution in [-0.2, 0) is 9.59 Å². The number of likely N-dealkylation sites (tertiary alicyclic amines) is 2. The molecule has 1 amide bonds. The average Bonchev–Trinajstić information content (AvgIpc) is 2.89. The van der Waals surface area contributed by atoms with Crippen molar-refractivity contribution in [3.63, 3.8) is 0 Å². The molecule has 0 saturated carbocycles. The number of nitrogens with zero attached hydrogens (tertiary/aromatic N) is 2. The second-order valence-corrected chi connectivity index (χ2v) is 7.13. The summed E-state index contributed by atoms with van der Waals surface area (Å²) in [7, 11) is 3.41. The van der Waals surface area contributed by atoms with E-state index in [0.717, 1.165) is 30.9 Å². The lowest BCUT2D eigenvalue weighted by Crippen LogP contribution is -2.56. The van der Waals surface area contributed by atoms with Crippen LogP contribution in [0.15, 0.2) is 30.3 Å². The van der Waals surface area contributed by atoms with E-state index in [0.29, 0.717) is 12.8 Å². The Morgan fingerprint density at radius 1 is 1.31 bits per heavy atom. The summed E-state index contributed by atoms with van der Waals surface area (Å²) in [4.78, 5) is 27.7. The Hall–Kier alpha value is -2.34. The van der Waals surface area contributed by atoms with Gasteiger partial charge in [-0.1, -0.05) is 24.3 Å². The number of carbonyl (C=O) groups excluding carboxylic acids is 1. The Labute approximate surface area is 154 Å². The van der Waals surface area contributed by atoms with E-state index in [1.54, 1.807) is 19.1 Å². The summed E-state index contributed by atoms with van der Waals surface area (Å²) in [6, 6.07) is 7.89. The third-order valence-corrected chi connectivity index (χ3v) is 5.88. The molecule has 1 aromatic carbocycles. The SMILES string of the molecule is COc1ccc(/C=C/CN2CCC3(CC2)C(C(=O)O)CC(=O)N3C)cc1. The molecule has 1 spiro atoms. The van der Waals surface area contributed by atoms with E-state index in [1.807, 2.05) is 24.3 Å². The third kappa shape index (κ3) is 3.46. The molecule has 6 nitrogen and oxygen atoms in total. The number of ether oxygens (including phenoxy) is 1. The largest absolute Gasteiger partial charge is 0.497 e. The maximum Gasteiger partial charge on any atom is 0.309 e. The fraction of sp³-hybridized carbons (Fsp3) is 0.500. The van der Waals surface area contributed by atoms with E-state index in [-0.39, 0.29) is 12.3 Å². The van der Waals surface area contributed by atoms with Crippen molar-refractivity contribution in [3.05, 3.63) is 35.9 Å². The molecule has 2 aliphatic heterocycles. The van der Waals surface area contributed by atoms with Crippen molar-refractivity contribution in [1.29, 1.82) is 0 Å². The van der Waals surface area contributed by atoms with E-state index in [9.17, 15) is 14.7 Å². The summed E-state index contributed by atoms with van der Waals surface area (Å²) in [6.45, 7) is 2.42. The first-order valence-corrected chi connectivity index (χ1v) is 8.99. The number of carboxylic acid groups (broad SMARTS) is 1. The number of aliphatic carboxylic acids is 1. The molecule has 0 radical (unpaired) electrons. The van der Waals surface area contributed by atoms with Crippen LogP contribution in [0.2, 0.25) is 0 Å². The molecule has 1 atom stereocenters. The van der Waals surface area contributed by atoms with Crippen molar-refractivity contribution in [2.75, 3.05) is 33.8 Å². The molecular formula is C20H26N2O4. The van der Waals surface area contributed by atoms with Gasteiger partial charge in [-0.15, -0.1) is 0 Å². The van der Waals surface area contributed by atoms with Gasteiger partial charge in [0.1, 0.15) is 5.75 Å². The van der Waals surface area contributed by atoms with Crippen LogP contribution in [0.4, 0.5) is 0 Å². The number of benzene rings is 1. The predicted octanol–water partition coefficient (Wildman–Crippen LogP) is 2.11. The molecule has 0 aromatic heterocycles. The highest BCUT2D eigenvalue weighted by Crippen LogP contribution is 2.42. The molecule has 1 unspecified atom stereocenters. The summed E-state index contributed by atoms with van der Waals surface area (Å²) in [5.74, 6) is -0.649. The standard InChI is InChI=1S/C20H26N2O4/c1-21-18(23)14-17(19(24)25)20(21)9-12-22(13-10-20)11-3-4-15-5-7-16(26-2)8-6-15/h3-8,17H,9-14H2,1-2H3,(H,24,25)/b4-3+. The summed E-state index contributed by atoms with van der Waals surface area (Å²) >= 11 is 0. The van der Waals surface area contributed by atoms with Crippen LogP contribution in [0.1, 0.15) is 24.8 Å². The number of amides is 1. The second-order valence-electron chi connectivity index (χ2n) is 7.13. The van der Waals surface area contributed by atoms with Crippen LogP contribution < -0.4 is 4.74 Å². The Morgan fingerprint density at radius 2 is 1.96 bits per heavy atom. The lowest BCUT2D eigenvalue weighted by molar-refractivity contribution is -0.146. The van der Waals surface area contributed by atoms with E-state index in [4.69, 9.17) is 4.74 Å². The zero-order chi connectivity index (χ0) is 18.7. The lowest BCUT2D eigenvalue weighted by atomic mass is 9.77. The van der Waals surface area contributed by atoms with Crippen molar-refractivity contribution >= 4 is 18.0 Å². The van der Waals surface area contributed by atoms with Crippen LogP contribution in [0.25, 0.3) is 6.08 Å². The average molecular weight is 358 g/mol. The Kier molecular flexibility index (Phi) is 5.32. The predicted molar refractivity (Wildman–Crippen MR) is 98.9 cm³/mol. The smallest absolute Gasteiger partial charge is 0.309 e. The van der Waals surface area contributed by atoms with Crippen LogP contribution >= 0.6 is 0 Å². The highest BCUT2D eigenvalue weighted by molar-refractivity contribution is 5.88. The van der Waals surface area contributed by atoms with Crippen LogP contribution in [0.3, 0.4) is 0 Å². The van der Waals surface area contributed by atoms with E-state index in [2.05, 4.69) is 17.1 Å². The lowest BCUT2D eigenvalue weighted by Gasteiger charge is -2.45. The molecule has 1 N–H and O–H groups in total. The van der Waals surface area contributed by atoms with E-state index in [1.165, 1.54) is 0 Å². The van der Waals surface area contributed by atoms with Crippen molar-refractivity contribution < 1.29 is 19.4 Å². The topological polar surface area (TPSA) is 70.1 Å². The molecule has 3 rings (SSSR count). The fourth-order valence-electron chi connectivity index (χ4n) is 4.16. The quantitative estimate of drug-likeness (QED) is 0.873. The van der Waals surface area contributed by atoms with Crippen LogP contribution in [0.5, 0.6) is 5.75 Å². The number of rotatable bonds is 5. The number of hydrogen-bond acceptors (Lipinski definition) is 4. The van der Waals surface area contributed by atoms with Gasteiger partial charge in [-0.3, -0.25) is 14.5 Å². The molecule has 2 saturated heterocycles. The van der Waals surface area contributed by atoms with Gasteiger partial charge in [-0.05, 0) is 30.5 Å². The van der Waals surface area contributed by atoms with Crippen molar-refractivity contribution in [2.24, 2.45) is 5.92 Å². The minimum atomic E-state index is -0.851. The maximum absolute atomic E-state index is 12.0. The highest BCUT2D eigenvalue weighted by atomic mass is 16.5. The van der Waals surface area contributed by atoms with Gasteiger partial charge in [0.15, 0.2) is 0 Å². The van der Waals surface area contributed by atoms with Crippen molar-refractivity contribution in [2.45, 2.75) is 24.8 Å². The Morgan fingerprint density at radius 3 is 2.54 bits per heavy atom. The third-order valence-electron chi connectivity index (χ3n) is 5.88. The molecule has 0 bridgehead atoms. The summed E-state index contributed by atoms with van der Waals surface area (Å²) in [5, 5.41) is 9.52. The fourth-order valence-corrected chi connectivity index (χ4v) is 4.16. The maximum atomic E-state index is 12.0. The van der Waals surface area contributed by atoms with E-state index < -0.39 is 17.4 Å². The molecule has 0 aliphatic carbocycles. The number of methoxy groups -OCH3 is 1. The Bertz CT molecular complexity index is 690. The summed E-state index contributed by atoms with van der Waals surface area (Å²) in [6.07, 6.45) is 5.75. The normalized spacial score (nSPS) is 23.1. The van der Waals surface area contributed by atoms with Gasteiger partial charge in [0.2, 0.25) is 5.91 Å². The van der Waals surface area contributed by atoms with E-state index >= 15 is 0 Å². The number of hydrogen-bond donors (Lipinski definition) is 1. The van der Waals surface area contributed by atoms with Crippen molar-refractivity contribution in [1.82, 2.24) is 9.80 Å². The minimum Gasteiger partial charge on any atom is -0.497 e. The van der Waals surface area contributed by atoms with Gasteiger partial charge in [-0.25, -0.2) is 0 Å². The zero-order valence-electron chi connectivity index (χ0n) is 15.4. The van der Waals surface area contributed by atoms with Gasteiger partial charge in [0.05, 0.1) is 18.6 Å². The van der Waals surface area contributed by atoms with Crippen LogP contribution in [0, 0.1) is 5.92 Å². The number of carbonyl (C=O) groups is 2. The molecule has 140 valence electrons. The van der Waals surface area contributed by atoms with Crippen LogP contribution in [-0.4, -0.2) is 66.1 Å². The van der Waals surface area contributed by atoms with Gasteiger partial charge in [-0.2, -0.15) is 0 Å². The number of carboxylic acids is 1. The molecule has 6 heteroatoms. The Balaban J connectivity index is 1.57. The number of piperidine rings is 1. The first-order valence-electron chi connectivity index (χ1n) is 8.99. The van der Waals surface area contributed by atoms with Gasteiger partial charge in [0, 0.05) is 33.1 Å². The first-order chi connectivity index (χ1) is 12.5. The van der Waals surface area contributed by atoms with Gasteiger partial charge < -0.3 is 14.7 Å². The monoisotopic (exact) mass is 358 g/mol. The van der Waals surface area contributed by atoms with Gasteiger partial charge >= 0.3 is 5.97 Å². The molecule has 2 fully saturated rings. The first kappa shape index (κ1) is 18.5. The van der Waals surface area contributed by atoms with Crippen molar-refractivity contribution in [3.8, 4) is 5.75 Å². The highest BCUT2D eigenvalue weighted by Gasteiger charge is 2.55. The molecule has 1 aromatic rings. The zero-order valence-corrected chi connectivity index (χ0v) is 15.4. The summed E-state index contributed by atoms with van der Waals surface area (Å²) in [5.41, 5.74) is 0.602. The summed E-state index contributed by atoms with van der Waals surface area (Å²) < 4.78 is 5.15. The second kappa shape index (κ2) is 7.50. The molecule has 2 heterocycles. The van der Waals surface area contributed by atoms with Gasteiger partial charge in [0.25, 0.3) is 0 Å². The molecule has 26 heavy (non-hydrogen) atoms.